The highest BCUT2D eigenvalue weighted by atomic mass is 19.1. The third-order valence-corrected chi connectivity index (χ3v) is 6.86. The molecule has 0 spiro atoms. The predicted octanol–water partition coefficient (Wildman–Crippen LogP) is 4.68. The van der Waals surface area contributed by atoms with E-state index in [-0.39, 0.29) is 30.1 Å². The molecule has 10 nitrogen and oxygen atoms in total. The Morgan fingerprint density at radius 2 is 1.79 bits per heavy atom. The van der Waals surface area contributed by atoms with Gasteiger partial charge < -0.3 is 43.7 Å². The normalized spacial score (nSPS) is 20.7. The van der Waals surface area contributed by atoms with E-state index in [1.54, 1.807) is 69.3 Å². The van der Waals surface area contributed by atoms with Crippen LogP contribution in [0.15, 0.2) is 60.4 Å². The highest BCUT2D eigenvalue weighted by molar-refractivity contribution is 5.89. The minimum absolute atomic E-state index is 0.0883. The van der Waals surface area contributed by atoms with Gasteiger partial charge in [0.15, 0.2) is 25.0 Å². The molecule has 0 radical (unpaired) electrons. The van der Waals surface area contributed by atoms with Crippen LogP contribution in [-0.4, -0.2) is 72.5 Å². The summed E-state index contributed by atoms with van der Waals surface area (Å²) in [5, 5.41) is 30.1. The Bertz CT molecular complexity index is 1260. The van der Waals surface area contributed by atoms with Crippen LogP contribution in [0.1, 0.15) is 61.9 Å². The highest BCUT2D eigenvalue weighted by Gasteiger charge is 2.48. The maximum Gasteiger partial charge on any atom is 0.338 e. The van der Waals surface area contributed by atoms with Crippen molar-refractivity contribution in [2.75, 3.05) is 21.0 Å². The topological polar surface area (TPSA) is 133 Å². The standard InChI is InChI=1S/C32H41FO10/c1-19(20(2)34)15-24(33)28(41-31(37)21-11-8-7-9-12-21)29-25(42-32(3,4)43-29)14-10-13-22-16-23(39-6)17-26(40-18-38-5)27(22)30(35)36/h7-13,15-17,19-20,25,28-30,34-36H,14,18H2,1-6H3/b13-10+,24-15+/t19-,20-,25-,28?,29-/m0/s1. The minimum Gasteiger partial charge on any atom is -0.497 e. The Morgan fingerprint density at radius 3 is 2.40 bits per heavy atom. The molecule has 2 aromatic carbocycles. The van der Waals surface area contributed by atoms with E-state index in [0.717, 1.165) is 0 Å². The maximum absolute atomic E-state index is 15.8. The van der Waals surface area contributed by atoms with E-state index >= 15 is 4.39 Å². The fourth-order valence-corrected chi connectivity index (χ4v) is 4.55. The van der Waals surface area contributed by atoms with Crippen LogP contribution in [0.25, 0.3) is 6.08 Å². The number of rotatable bonds is 14. The van der Waals surface area contributed by atoms with Crippen molar-refractivity contribution in [3.8, 4) is 11.5 Å². The molecule has 11 heteroatoms. The second kappa shape index (κ2) is 15.4. The molecule has 0 saturated carbocycles. The SMILES string of the molecule is COCOc1cc(OC)cc(/C=C/C[C@@H]2OC(C)(C)O[C@@H]2C(OC(=O)c2ccccc2)/C(F)=C\[C@H](C)[C@H](C)O)c1C(O)O. The molecular formula is C32H41FO10. The third-order valence-electron chi connectivity index (χ3n) is 6.86. The van der Waals surface area contributed by atoms with Crippen molar-refractivity contribution in [3.05, 3.63) is 77.1 Å². The van der Waals surface area contributed by atoms with E-state index in [0.29, 0.717) is 11.3 Å². The lowest BCUT2D eigenvalue weighted by atomic mass is 9.98. The van der Waals surface area contributed by atoms with Gasteiger partial charge in [0, 0.05) is 19.1 Å². The third kappa shape index (κ3) is 9.33. The van der Waals surface area contributed by atoms with Crippen LogP contribution in [0.3, 0.4) is 0 Å². The minimum atomic E-state index is -1.87. The first-order valence-electron chi connectivity index (χ1n) is 13.9. The molecule has 43 heavy (non-hydrogen) atoms. The Labute approximate surface area is 251 Å². The molecule has 0 amide bonds. The van der Waals surface area contributed by atoms with E-state index < -0.39 is 54.2 Å². The van der Waals surface area contributed by atoms with Gasteiger partial charge in [-0.05, 0) is 57.0 Å². The van der Waals surface area contributed by atoms with Crippen LogP contribution in [0.4, 0.5) is 4.39 Å². The Balaban J connectivity index is 1.95. The lowest BCUT2D eigenvalue weighted by molar-refractivity contribution is -0.154. The predicted molar refractivity (Wildman–Crippen MR) is 156 cm³/mol. The first kappa shape index (κ1) is 34.2. The van der Waals surface area contributed by atoms with Crippen LogP contribution < -0.4 is 9.47 Å². The van der Waals surface area contributed by atoms with Crippen molar-refractivity contribution >= 4 is 12.0 Å². The Morgan fingerprint density at radius 1 is 1.09 bits per heavy atom. The summed E-state index contributed by atoms with van der Waals surface area (Å²) < 4.78 is 49.5. The maximum atomic E-state index is 15.8. The number of carbonyl (C=O) groups is 1. The fourth-order valence-electron chi connectivity index (χ4n) is 4.55. The molecule has 3 N–H and O–H groups in total. The van der Waals surface area contributed by atoms with Gasteiger partial charge in [0.25, 0.3) is 0 Å². The van der Waals surface area contributed by atoms with Crippen molar-refractivity contribution in [2.24, 2.45) is 5.92 Å². The molecule has 0 aliphatic carbocycles. The van der Waals surface area contributed by atoms with E-state index in [1.807, 2.05) is 0 Å². The molecule has 1 aliphatic heterocycles. The van der Waals surface area contributed by atoms with Crippen LogP contribution in [-0.2, 0) is 18.9 Å². The van der Waals surface area contributed by atoms with Gasteiger partial charge in [0.2, 0.25) is 0 Å². The quantitative estimate of drug-likeness (QED) is 0.206. The summed E-state index contributed by atoms with van der Waals surface area (Å²) in [5.41, 5.74) is 0.711. The van der Waals surface area contributed by atoms with Gasteiger partial charge in [-0.3, -0.25) is 0 Å². The van der Waals surface area contributed by atoms with E-state index in [4.69, 9.17) is 28.4 Å². The molecule has 2 aromatic rings. The van der Waals surface area contributed by atoms with Gasteiger partial charge >= 0.3 is 5.97 Å². The summed E-state index contributed by atoms with van der Waals surface area (Å²) in [5.74, 6) is -2.68. The second-order valence-corrected chi connectivity index (χ2v) is 10.7. The first-order chi connectivity index (χ1) is 20.4. The van der Waals surface area contributed by atoms with Crippen molar-refractivity contribution in [2.45, 2.75) is 70.6 Å². The second-order valence-electron chi connectivity index (χ2n) is 10.7. The average molecular weight is 605 g/mol. The number of esters is 1. The fraction of sp³-hybridized carbons (Fsp3) is 0.469. The molecule has 1 saturated heterocycles. The Hall–Kier alpha value is -3.32. The van der Waals surface area contributed by atoms with Crippen molar-refractivity contribution in [1.29, 1.82) is 0 Å². The smallest absolute Gasteiger partial charge is 0.338 e. The zero-order valence-electron chi connectivity index (χ0n) is 25.2. The van der Waals surface area contributed by atoms with Crippen molar-refractivity contribution < 1.29 is 52.9 Å². The molecule has 0 aromatic heterocycles. The van der Waals surface area contributed by atoms with Crippen LogP contribution >= 0.6 is 0 Å². The molecule has 1 heterocycles. The van der Waals surface area contributed by atoms with Gasteiger partial charge in [-0.2, -0.15) is 0 Å². The molecule has 3 rings (SSSR count). The number of hydrogen-bond donors (Lipinski definition) is 3. The Kier molecular flexibility index (Phi) is 12.3. The molecule has 1 unspecified atom stereocenters. The lowest BCUT2D eigenvalue weighted by Gasteiger charge is -2.26. The van der Waals surface area contributed by atoms with E-state index in [1.165, 1.54) is 33.3 Å². The molecule has 5 atom stereocenters. The zero-order valence-corrected chi connectivity index (χ0v) is 25.2. The van der Waals surface area contributed by atoms with E-state index in [9.17, 15) is 20.1 Å². The lowest BCUT2D eigenvalue weighted by Crippen LogP contribution is -2.39. The number of aliphatic hydroxyl groups is 3. The number of methoxy groups -OCH3 is 2. The van der Waals surface area contributed by atoms with Gasteiger partial charge in [0.1, 0.15) is 23.4 Å². The first-order valence-corrected chi connectivity index (χ1v) is 13.9. The molecule has 1 fully saturated rings. The summed E-state index contributed by atoms with van der Waals surface area (Å²) in [4.78, 5) is 13.0. The number of carbonyl (C=O) groups excluding carboxylic acids is 1. The summed E-state index contributed by atoms with van der Waals surface area (Å²) in [7, 11) is 2.90. The zero-order chi connectivity index (χ0) is 31.7. The summed E-state index contributed by atoms with van der Waals surface area (Å²) in [6.45, 7) is 6.38. The number of halogens is 1. The average Bonchev–Trinajstić information content (AvgIpc) is 3.27. The summed E-state index contributed by atoms with van der Waals surface area (Å²) in [6, 6.07) is 11.3. The number of benzene rings is 2. The number of aliphatic hydroxyl groups excluding tert-OH is 2. The molecule has 0 bridgehead atoms. The number of hydrogen-bond acceptors (Lipinski definition) is 10. The van der Waals surface area contributed by atoms with Crippen LogP contribution in [0.5, 0.6) is 11.5 Å². The summed E-state index contributed by atoms with van der Waals surface area (Å²) >= 11 is 0. The monoisotopic (exact) mass is 604 g/mol. The van der Waals surface area contributed by atoms with Gasteiger partial charge in [-0.25, -0.2) is 9.18 Å². The van der Waals surface area contributed by atoms with Gasteiger partial charge in [-0.15, -0.1) is 0 Å². The molecule has 236 valence electrons. The molecular weight excluding hydrogens is 563 g/mol. The van der Waals surface area contributed by atoms with Crippen molar-refractivity contribution in [1.82, 2.24) is 0 Å². The highest BCUT2D eigenvalue weighted by Crippen LogP contribution is 2.37. The van der Waals surface area contributed by atoms with E-state index in [2.05, 4.69) is 0 Å². The molecule has 1 aliphatic rings. The summed E-state index contributed by atoms with van der Waals surface area (Å²) in [6.07, 6.45) is -1.34. The van der Waals surface area contributed by atoms with Gasteiger partial charge in [0.05, 0.1) is 30.4 Å². The largest absolute Gasteiger partial charge is 0.497 e. The van der Waals surface area contributed by atoms with Crippen LogP contribution in [0, 0.1) is 5.92 Å². The van der Waals surface area contributed by atoms with Gasteiger partial charge in [-0.1, -0.05) is 37.3 Å². The van der Waals surface area contributed by atoms with Crippen molar-refractivity contribution in [3.63, 3.8) is 0 Å². The van der Waals surface area contributed by atoms with Crippen LogP contribution in [0.2, 0.25) is 0 Å². The number of ether oxygens (including phenoxy) is 6.